The van der Waals surface area contributed by atoms with Crippen molar-refractivity contribution in [3.05, 3.63) is 66.6 Å². The maximum atomic E-state index is 14.7. The van der Waals surface area contributed by atoms with Crippen LogP contribution in [0.25, 0.3) is 28.1 Å². The first-order valence-electron chi connectivity index (χ1n) is 11.8. The van der Waals surface area contributed by atoms with Gasteiger partial charge < -0.3 is 4.98 Å². The molecule has 1 N–H and O–H groups in total. The molecular weight excluding hydrogens is 447 g/mol. The van der Waals surface area contributed by atoms with Crippen LogP contribution in [0.1, 0.15) is 48.3 Å². The fraction of sp³-hybridized carbons (Fsp3) is 0.320. The number of fused-ring (bicyclic) bond motifs is 2. The van der Waals surface area contributed by atoms with Crippen molar-refractivity contribution in [1.29, 1.82) is 0 Å². The summed E-state index contributed by atoms with van der Waals surface area (Å²) in [4.78, 5) is 37.5. The third-order valence-electron chi connectivity index (χ3n) is 6.80. The molecule has 0 aromatic carbocycles. The molecule has 2 atom stereocenters. The van der Waals surface area contributed by atoms with Crippen molar-refractivity contribution in [2.75, 3.05) is 0 Å². The summed E-state index contributed by atoms with van der Waals surface area (Å²) < 4.78 is 16.3. The van der Waals surface area contributed by atoms with Crippen LogP contribution in [-0.2, 0) is 6.42 Å². The Hall–Kier alpha value is -4.08. The maximum absolute atomic E-state index is 14.7. The second-order valence-electron chi connectivity index (χ2n) is 9.15. The summed E-state index contributed by atoms with van der Waals surface area (Å²) in [6.07, 6.45) is 14.4. The molecule has 10 heteroatoms. The number of ketones is 1. The van der Waals surface area contributed by atoms with Crippen molar-refractivity contribution in [3.8, 4) is 11.4 Å². The van der Waals surface area contributed by atoms with Gasteiger partial charge in [0.25, 0.3) is 0 Å². The van der Waals surface area contributed by atoms with E-state index >= 15 is 0 Å². The topological polar surface area (TPSA) is 115 Å². The normalized spacial score (nSPS) is 18.3. The highest BCUT2D eigenvalue weighted by Gasteiger charge is 2.26. The Kier molecular flexibility index (Phi) is 5.48. The molecular formula is C25H23FN8O. The standard InChI is InChI=1S/C25H23FN8O/c26-19-13-29-25(18-12-28-24-17(18)11-27-14-30-24)33-21(19)9-15-2-1-3-16(8-15)10-22(35)20-5-7-34-23(32-20)4-6-31-34/h4-7,11-16H,1-3,8-10H2,(H,27,28,30)/t15-,16+/m1/s1. The number of Topliss-reactive ketones (excluding diaryl/α,β-unsaturated/α-hetero) is 1. The minimum absolute atomic E-state index is 0.0383. The van der Waals surface area contributed by atoms with Crippen LogP contribution in [0.5, 0.6) is 0 Å². The largest absolute Gasteiger partial charge is 0.345 e. The summed E-state index contributed by atoms with van der Waals surface area (Å²) in [5.74, 6) is 0.596. The molecule has 0 amide bonds. The van der Waals surface area contributed by atoms with E-state index in [0.29, 0.717) is 41.3 Å². The molecule has 0 spiro atoms. The van der Waals surface area contributed by atoms with Gasteiger partial charge in [-0.25, -0.2) is 33.8 Å². The van der Waals surface area contributed by atoms with E-state index in [1.165, 1.54) is 12.5 Å². The molecule has 1 saturated carbocycles. The van der Waals surface area contributed by atoms with Crippen molar-refractivity contribution in [2.24, 2.45) is 11.8 Å². The predicted octanol–water partition coefficient (Wildman–Crippen LogP) is 4.22. The highest BCUT2D eigenvalue weighted by molar-refractivity contribution is 5.94. The molecule has 1 aliphatic rings. The zero-order valence-electron chi connectivity index (χ0n) is 18.9. The molecule has 6 rings (SSSR count). The van der Waals surface area contributed by atoms with E-state index < -0.39 is 5.82 Å². The number of carbonyl (C=O) groups is 1. The monoisotopic (exact) mass is 470 g/mol. The van der Waals surface area contributed by atoms with Gasteiger partial charge in [-0.1, -0.05) is 12.8 Å². The van der Waals surface area contributed by atoms with Crippen LogP contribution in [0.4, 0.5) is 4.39 Å². The highest BCUT2D eigenvalue weighted by atomic mass is 19.1. The molecule has 176 valence electrons. The quantitative estimate of drug-likeness (QED) is 0.370. The molecule has 9 nitrogen and oxygen atoms in total. The zero-order valence-corrected chi connectivity index (χ0v) is 18.9. The van der Waals surface area contributed by atoms with Crippen LogP contribution < -0.4 is 0 Å². The lowest BCUT2D eigenvalue weighted by atomic mass is 9.77. The first-order valence-corrected chi connectivity index (χ1v) is 11.8. The highest BCUT2D eigenvalue weighted by Crippen LogP contribution is 2.34. The third-order valence-corrected chi connectivity index (χ3v) is 6.80. The number of H-pyrrole nitrogens is 1. The summed E-state index contributed by atoms with van der Waals surface area (Å²) in [6.45, 7) is 0. The van der Waals surface area contributed by atoms with Gasteiger partial charge in [-0.05, 0) is 37.2 Å². The van der Waals surface area contributed by atoms with Crippen LogP contribution in [0.3, 0.4) is 0 Å². The average Bonchev–Trinajstić information content (AvgIpc) is 3.52. The minimum Gasteiger partial charge on any atom is -0.345 e. The van der Waals surface area contributed by atoms with E-state index in [-0.39, 0.29) is 17.6 Å². The van der Waals surface area contributed by atoms with Gasteiger partial charge in [0.2, 0.25) is 0 Å². The first-order chi connectivity index (χ1) is 17.1. The van der Waals surface area contributed by atoms with Crippen molar-refractivity contribution < 1.29 is 9.18 Å². The second kappa shape index (κ2) is 8.94. The summed E-state index contributed by atoms with van der Waals surface area (Å²) in [5.41, 5.74) is 2.97. The molecule has 1 fully saturated rings. The van der Waals surface area contributed by atoms with Crippen LogP contribution in [0.15, 0.2) is 49.4 Å². The van der Waals surface area contributed by atoms with Gasteiger partial charge in [-0.15, -0.1) is 0 Å². The molecule has 0 bridgehead atoms. The fourth-order valence-electron chi connectivity index (χ4n) is 5.10. The Morgan fingerprint density at radius 3 is 3.00 bits per heavy atom. The van der Waals surface area contributed by atoms with Gasteiger partial charge in [0.1, 0.15) is 17.7 Å². The number of halogens is 1. The van der Waals surface area contributed by atoms with Gasteiger partial charge in [0.15, 0.2) is 23.1 Å². The van der Waals surface area contributed by atoms with Crippen LogP contribution in [0, 0.1) is 17.7 Å². The Bertz CT molecular complexity index is 1530. The van der Waals surface area contributed by atoms with E-state index in [1.807, 2.05) is 0 Å². The van der Waals surface area contributed by atoms with E-state index in [1.54, 1.807) is 41.4 Å². The lowest BCUT2D eigenvalue weighted by Gasteiger charge is -2.28. The summed E-state index contributed by atoms with van der Waals surface area (Å²) in [5, 5.41) is 4.92. The smallest absolute Gasteiger partial charge is 0.181 e. The lowest BCUT2D eigenvalue weighted by Crippen LogP contribution is -2.21. The molecule has 0 unspecified atom stereocenters. The number of hydrogen-bond donors (Lipinski definition) is 1. The molecule has 5 aromatic heterocycles. The first kappa shape index (κ1) is 21.5. The van der Waals surface area contributed by atoms with Gasteiger partial charge in [0.05, 0.1) is 18.1 Å². The van der Waals surface area contributed by atoms with Crippen LogP contribution >= 0.6 is 0 Å². The maximum Gasteiger partial charge on any atom is 0.181 e. The van der Waals surface area contributed by atoms with Crippen molar-refractivity contribution in [1.82, 2.24) is 39.5 Å². The summed E-state index contributed by atoms with van der Waals surface area (Å²) >= 11 is 0. The Balaban J connectivity index is 1.16. The molecule has 0 aliphatic heterocycles. The van der Waals surface area contributed by atoms with Crippen LogP contribution in [0.2, 0.25) is 0 Å². The Morgan fingerprint density at radius 1 is 1.14 bits per heavy atom. The average molecular weight is 471 g/mol. The van der Waals surface area contributed by atoms with E-state index in [9.17, 15) is 9.18 Å². The lowest BCUT2D eigenvalue weighted by molar-refractivity contribution is 0.0935. The second-order valence-corrected chi connectivity index (χ2v) is 9.15. The van der Waals surface area contributed by atoms with E-state index in [2.05, 4.69) is 35.0 Å². The molecule has 0 radical (unpaired) electrons. The van der Waals surface area contributed by atoms with Gasteiger partial charge >= 0.3 is 0 Å². The fourth-order valence-corrected chi connectivity index (χ4v) is 5.10. The molecule has 5 heterocycles. The minimum atomic E-state index is -0.402. The summed E-state index contributed by atoms with van der Waals surface area (Å²) in [7, 11) is 0. The number of rotatable bonds is 6. The van der Waals surface area contributed by atoms with Crippen LogP contribution in [-0.4, -0.2) is 45.3 Å². The molecule has 5 aromatic rings. The predicted molar refractivity (Wildman–Crippen MR) is 126 cm³/mol. The Labute approximate surface area is 199 Å². The summed E-state index contributed by atoms with van der Waals surface area (Å²) in [6, 6.07) is 3.50. The third kappa shape index (κ3) is 4.27. The molecule has 35 heavy (non-hydrogen) atoms. The number of aromatic amines is 1. The van der Waals surface area contributed by atoms with Crippen molar-refractivity contribution in [2.45, 2.75) is 38.5 Å². The number of aromatic nitrogens is 8. The van der Waals surface area contributed by atoms with Gasteiger partial charge in [0, 0.05) is 42.0 Å². The van der Waals surface area contributed by atoms with E-state index in [4.69, 9.17) is 0 Å². The Morgan fingerprint density at radius 2 is 2.06 bits per heavy atom. The van der Waals surface area contributed by atoms with Crippen molar-refractivity contribution in [3.63, 3.8) is 0 Å². The number of nitrogens with zero attached hydrogens (tertiary/aromatic N) is 7. The van der Waals surface area contributed by atoms with Crippen molar-refractivity contribution >= 4 is 22.5 Å². The van der Waals surface area contributed by atoms with Gasteiger partial charge in [-0.2, -0.15) is 5.10 Å². The van der Waals surface area contributed by atoms with Gasteiger partial charge in [-0.3, -0.25) is 4.79 Å². The number of hydrogen-bond acceptors (Lipinski definition) is 7. The SMILES string of the molecule is O=C(C[C@H]1CCC[C@@H](Cc2nc(-c3c[nH]c4ncncc34)ncc2F)C1)c1ccn2nccc2n1. The number of carbonyl (C=O) groups excluding carboxylic acids is 1. The number of nitrogens with one attached hydrogen (secondary N) is 1. The van der Waals surface area contributed by atoms with E-state index in [0.717, 1.165) is 36.6 Å². The zero-order chi connectivity index (χ0) is 23.8. The molecule has 0 saturated heterocycles. The molecule has 1 aliphatic carbocycles.